The number of hydrogen-bond donors (Lipinski definition) is 1. The highest BCUT2D eigenvalue weighted by Gasteiger charge is 2.10. The third kappa shape index (κ3) is 3.19. The number of rotatable bonds is 3. The molecule has 3 heteroatoms. The van der Waals surface area contributed by atoms with Gasteiger partial charge in [0.25, 0.3) is 0 Å². The van der Waals surface area contributed by atoms with Gasteiger partial charge < -0.3 is 5.73 Å². The number of Topliss-reactive ketones (excluding diaryl/α,β-unsaturated/α-hetero) is 1. The Kier molecular flexibility index (Phi) is 5.08. The molecule has 0 aliphatic carbocycles. The predicted molar refractivity (Wildman–Crippen MR) is 77.1 cm³/mol. The summed E-state index contributed by atoms with van der Waals surface area (Å²) in [5.74, 6) is -0.0235. The van der Waals surface area contributed by atoms with Crippen molar-refractivity contribution in [1.82, 2.24) is 0 Å². The minimum absolute atomic E-state index is 0. The fourth-order valence-corrected chi connectivity index (χ4v) is 1.72. The molecule has 0 bridgehead atoms. The van der Waals surface area contributed by atoms with Gasteiger partial charge in [-0.05, 0) is 18.1 Å². The summed E-state index contributed by atoms with van der Waals surface area (Å²) in [4.78, 5) is 11.7. The Morgan fingerprint density at radius 3 is 1.94 bits per heavy atom. The summed E-state index contributed by atoms with van der Waals surface area (Å²) in [5.41, 5.74) is 8.48. The summed E-state index contributed by atoms with van der Waals surface area (Å²) < 4.78 is 0. The molecule has 2 rings (SSSR count). The summed E-state index contributed by atoms with van der Waals surface area (Å²) in [6.07, 6.45) is 0. The first-order valence-electron chi connectivity index (χ1n) is 5.64. The minimum atomic E-state index is -0.447. The third-order valence-electron chi connectivity index (χ3n) is 2.69. The van der Waals surface area contributed by atoms with Crippen molar-refractivity contribution < 1.29 is 4.79 Å². The summed E-state index contributed by atoms with van der Waals surface area (Å²) in [5, 5.41) is 0. The molecule has 2 nitrogen and oxygen atoms in total. The predicted octanol–water partition coefficient (Wildman–Crippen LogP) is 3.31. The molecule has 0 aliphatic rings. The zero-order chi connectivity index (χ0) is 12.3. The maximum absolute atomic E-state index is 11.7. The van der Waals surface area contributed by atoms with Gasteiger partial charge >= 0.3 is 0 Å². The molecule has 0 aliphatic heterocycles. The molecule has 0 spiro atoms. The van der Waals surface area contributed by atoms with Crippen LogP contribution in [0.5, 0.6) is 0 Å². The van der Waals surface area contributed by atoms with Gasteiger partial charge in [0.05, 0.1) is 6.04 Å². The van der Waals surface area contributed by atoms with Crippen LogP contribution in [-0.2, 0) is 0 Å². The molecule has 0 saturated carbocycles. The van der Waals surface area contributed by atoms with E-state index in [1.807, 2.05) is 54.6 Å². The van der Waals surface area contributed by atoms with Crippen molar-refractivity contribution in [3.05, 3.63) is 60.2 Å². The lowest BCUT2D eigenvalue weighted by atomic mass is 10.0. The van der Waals surface area contributed by atoms with E-state index >= 15 is 0 Å². The lowest BCUT2D eigenvalue weighted by Crippen LogP contribution is -2.26. The number of carbonyl (C=O) groups excluding carboxylic acids is 1. The lowest BCUT2D eigenvalue weighted by molar-refractivity contribution is 0.0968. The highest BCUT2D eigenvalue weighted by Crippen LogP contribution is 2.19. The van der Waals surface area contributed by atoms with Crippen LogP contribution in [0.4, 0.5) is 0 Å². The second kappa shape index (κ2) is 6.34. The van der Waals surface area contributed by atoms with E-state index in [-0.39, 0.29) is 18.2 Å². The Labute approximate surface area is 113 Å². The van der Waals surface area contributed by atoms with Crippen LogP contribution >= 0.6 is 12.4 Å². The molecular weight excluding hydrogens is 246 g/mol. The molecule has 1 unspecified atom stereocenters. The van der Waals surface area contributed by atoms with Crippen LogP contribution in [-0.4, -0.2) is 11.8 Å². The molecule has 1 atom stereocenters. The van der Waals surface area contributed by atoms with Gasteiger partial charge in [-0.1, -0.05) is 54.6 Å². The van der Waals surface area contributed by atoms with Gasteiger partial charge in [-0.2, -0.15) is 0 Å². The van der Waals surface area contributed by atoms with Gasteiger partial charge in [0.15, 0.2) is 5.78 Å². The molecule has 0 saturated heterocycles. The zero-order valence-electron chi connectivity index (χ0n) is 10.2. The number of nitrogens with two attached hydrogens (primary N) is 1. The third-order valence-corrected chi connectivity index (χ3v) is 2.69. The lowest BCUT2D eigenvalue weighted by Gasteiger charge is -2.06. The van der Waals surface area contributed by atoms with E-state index in [9.17, 15) is 4.79 Å². The van der Waals surface area contributed by atoms with E-state index in [0.717, 1.165) is 11.1 Å². The van der Waals surface area contributed by atoms with E-state index < -0.39 is 6.04 Å². The Hall–Kier alpha value is -1.64. The normalized spacial score (nSPS) is 11.4. The standard InChI is InChI=1S/C15H15NO.ClH/c1-11(16)15(17)14-9-7-13(8-10-14)12-5-3-2-4-6-12;/h2-11H,16H2,1H3;1H. The van der Waals surface area contributed by atoms with Crippen molar-refractivity contribution >= 4 is 18.2 Å². The molecule has 0 aromatic heterocycles. The first-order chi connectivity index (χ1) is 8.18. The van der Waals surface area contributed by atoms with E-state index in [4.69, 9.17) is 5.73 Å². The molecule has 0 amide bonds. The Morgan fingerprint density at radius 1 is 0.944 bits per heavy atom. The summed E-state index contributed by atoms with van der Waals surface area (Å²) in [6.45, 7) is 1.70. The van der Waals surface area contributed by atoms with Crippen molar-refractivity contribution in [3.63, 3.8) is 0 Å². The number of carbonyl (C=O) groups is 1. The average Bonchev–Trinajstić information content (AvgIpc) is 2.39. The van der Waals surface area contributed by atoms with Crippen LogP contribution in [0.15, 0.2) is 54.6 Å². The van der Waals surface area contributed by atoms with Gasteiger partial charge in [-0.25, -0.2) is 0 Å². The maximum atomic E-state index is 11.7. The fraction of sp³-hybridized carbons (Fsp3) is 0.133. The Bertz CT molecular complexity index is 506. The van der Waals surface area contributed by atoms with Crippen molar-refractivity contribution in [2.75, 3.05) is 0 Å². The van der Waals surface area contributed by atoms with Crippen LogP contribution in [0.3, 0.4) is 0 Å². The van der Waals surface area contributed by atoms with Gasteiger partial charge in [0.1, 0.15) is 0 Å². The van der Waals surface area contributed by atoms with Crippen LogP contribution in [0.2, 0.25) is 0 Å². The van der Waals surface area contributed by atoms with Crippen LogP contribution in [0, 0.1) is 0 Å². The molecule has 18 heavy (non-hydrogen) atoms. The molecule has 0 heterocycles. The topological polar surface area (TPSA) is 43.1 Å². The van der Waals surface area contributed by atoms with Gasteiger partial charge in [-0.15, -0.1) is 12.4 Å². The second-order valence-electron chi connectivity index (χ2n) is 4.10. The summed E-state index contributed by atoms with van der Waals surface area (Å²) in [7, 11) is 0. The van der Waals surface area contributed by atoms with E-state index in [1.165, 1.54) is 0 Å². The SMILES string of the molecule is CC(N)C(=O)c1ccc(-c2ccccc2)cc1.Cl. The van der Waals surface area contributed by atoms with Crippen LogP contribution < -0.4 is 5.73 Å². The largest absolute Gasteiger partial charge is 0.321 e. The van der Waals surface area contributed by atoms with E-state index in [1.54, 1.807) is 6.92 Å². The van der Waals surface area contributed by atoms with Gasteiger partial charge in [0, 0.05) is 5.56 Å². The molecule has 2 aromatic rings. The number of ketones is 1. The van der Waals surface area contributed by atoms with Gasteiger partial charge in [-0.3, -0.25) is 4.79 Å². The monoisotopic (exact) mass is 261 g/mol. The van der Waals surface area contributed by atoms with E-state index in [2.05, 4.69) is 0 Å². The van der Waals surface area contributed by atoms with Gasteiger partial charge in [0.2, 0.25) is 0 Å². The van der Waals surface area contributed by atoms with Crippen molar-refractivity contribution in [1.29, 1.82) is 0 Å². The molecule has 94 valence electrons. The molecule has 0 radical (unpaired) electrons. The smallest absolute Gasteiger partial charge is 0.179 e. The quantitative estimate of drug-likeness (QED) is 0.862. The zero-order valence-corrected chi connectivity index (χ0v) is 11.0. The molecule has 2 aromatic carbocycles. The highest BCUT2D eigenvalue weighted by atomic mass is 35.5. The molecular formula is C15H16ClNO. The minimum Gasteiger partial charge on any atom is -0.321 e. The summed E-state index contributed by atoms with van der Waals surface area (Å²) in [6, 6.07) is 17.2. The molecule has 0 fully saturated rings. The maximum Gasteiger partial charge on any atom is 0.179 e. The number of hydrogen-bond acceptors (Lipinski definition) is 2. The number of benzene rings is 2. The first kappa shape index (κ1) is 14.4. The second-order valence-corrected chi connectivity index (χ2v) is 4.10. The first-order valence-corrected chi connectivity index (χ1v) is 5.64. The van der Waals surface area contributed by atoms with Crippen LogP contribution in [0.25, 0.3) is 11.1 Å². The van der Waals surface area contributed by atoms with Crippen molar-refractivity contribution in [2.45, 2.75) is 13.0 Å². The average molecular weight is 262 g/mol. The fourth-order valence-electron chi connectivity index (χ4n) is 1.72. The Morgan fingerprint density at radius 2 is 1.44 bits per heavy atom. The van der Waals surface area contributed by atoms with E-state index in [0.29, 0.717) is 5.56 Å². The molecule has 2 N–H and O–H groups in total. The Balaban J connectivity index is 0.00000162. The van der Waals surface area contributed by atoms with Crippen LogP contribution in [0.1, 0.15) is 17.3 Å². The van der Waals surface area contributed by atoms with Crippen molar-refractivity contribution in [3.8, 4) is 11.1 Å². The summed E-state index contributed by atoms with van der Waals surface area (Å²) >= 11 is 0. The van der Waals surface area contributed by atoms with Crippen molar-refractivity contribution in [2.24, 2.45) is 5.73 Å². The number of halogens is 1. The highest BCUT2D eigenvalue weighted by molar-refractivity contribution is 6.00.